The molecule has 5 nitrogen and oxygen atoms in total. The summed E-state index contributed by atoms with van der Waals surface area (Å²) >= 11 is 0. The number of rotatable bonds is 2. The molecule has 24 heavy (non-hydrogen) atoms. The van der Waals surface area contributed by atoms with Gasteiger partial charge in [-0.25, -0.2) is 9.59 Å². The summed E-state index contributed by atoms with van der Waals surface area (Å²) in [6.07, 6.45) is 4.04. The van der Waals surface area contributed by atoms with E-state index < -0.39 is 18.2 Å². The lowest BCUT2D eigenvalue weighted by Gasteiger charge is -2.34. The van der Waals surface area contributed by atoms with Gasteiger partial charge in [0.05, 0.1) is 11.8 Å². The molecule has 0 bridgehead atoms. The number of cyclic esters (lactones) is 1. The van der Waals surface area contributed by atoms with Gasteiger partial charge in [0, 0.05) is 17.6 Å². The van der Waals surface area contributed by atoms with E-state index in [0.29, 0.717) is 5.57 Å². The summed E-state index contributed by atoms with van der Waals surface area (Å²) < 4.78 is 24.3. The highest BCUT2D eigenvalue weighted by atomic mass is 16.7. The SMILES string of the molecule is [2H]/C(O[C@H]1C=C(C)C(=O)O1)=C1\C(=O)O[C@H]2C3=C(CCCC3(C)C)C[C@@H]12. The van der Waals surface area contributed by atoms with E-state index in [0.717, 1.165) is 25.7 Å². The summed E-state index contributed by atoms with van der Waals surface area (Å²) in [7, 11) is 0. The molecule has 0 unspecified atom stereocenters. The molecule has 5 heteroatoms. The van der Waals surface area contributed by atoms with Crippen molar-refractivity contribution < 1.29 is 25.2 Å². The molecule has 2 aliphatic carbocycles. The fourth-order valence-corrected chi connectivity index (χ4v) is 4.39. The molecule has 0 amide bonds. The van der Waals surface area contributed by atoms with E-state index in [2.05, 4.69) is 13.8 Å². The number of ether oxygens (including phenoxy) is 3. The third-order valence-corrected chi connectivity index (χ3v) is 5.55. The summed E-state index contributed by atoms with van der Waals surface area (Å²) in [4.78, 5) is 23.8. The van der Waals surface area contributed by atoms with Crippen molar-refractivity contribution in [2.24, 2.45) is 11.3 Å². The van der Waals surface area contributed by atoms with E-state index in [-0.39, 0.29) is 29.2 Å². The number of carbonyl (C=O) groups is 2. The van der Waals surface area contributed by atoms with Gasteiger partial charge in [-0.1, -0.05) is 19.4 Å². The standard InChI is InChI=1S/C19H22O5/c1-10-7-14(23-17(10)20)22-9-13-12-8-11-5-4-6-19(2,3)15(11)16(12)24-18(13)21/h7,9,12,14,16H,4-6,8H2,1-3H3/b13-9+/t12-,14+,16+/m0/s1/i9D. The fraction of sp³-hybridized carbons (Fsp3) is 0.579. The van der Waals surface area contributed by atoms with Crippen LogP contribution in [-0.2, 0) is 23.8 Å². The second kappa shape index (κ2) is 5.23. The third kappa shape index (κ3) is 2.29. The molecule has 2 aliphatic heterocycles. The van der Waals surface area contributed by atoms with Gasteiger partial charge in [0.2, 0.25) is 0 Å². The number of fused-ring (bicyclic) bond motifs is 2. The quantitative estimate of drug-likeness (QED) is 0.337. The second-order valence-electron chi connectivity index (χ2n) is 7.65. The van der Waals surface area contributed by atoms with Crippen molar-refractivity contribution >= 4 is 11.9 Å². The van der Waals surface area contributed by atoms with Crippen LogP contribution >= 0.6 is 0 Å². The number of hydrogen-bond donors (Lipinski definition) is 0. The molecule has 0 N–H and O–H groups in total. The van der Waals surface area contributed by atoms with Crippen molar-refractivity contribution in [3.63, 3.8) is 0 Å². The highest BCUT2D eigenvalue weighted by Gasteiger charge is 2.52. The zero-order valence-electron chi connectivity index (χ0n) is 15.2. The molecule has 1 fully saturated rings. The molecule has 0 radical (unpaired) electrons. The molecule has 0 spiro atoms. The largest absolute Gasteiger partial charge is 0.458 e. The molecule has 128 valence electrons. The van der Waals surface area contributed by atoms with Crippen LogP contribution < -0.4 is 0 Å². The Morgan fingerprint density at radius 3 is 2.83 bits per heavy atom. The monoisotopic (exact) mass is 331 g/mol. The summed E-state index contributed by atoms with van der Waals surface area (Å²) in [5.74, 6) is -1.11. The lowest BCUT2D eigenvalue weighted by atomic mass is 9.72. The van der Waals surface area contributed by atoms with Crippen LogP contribution in [0.3, 0.4) is 0 Å². The van der Waals surface area contributed by atoms with Gasteiger partial charge in [-0.15, -0.1) is 0 Å². The van der Waals surface area contributed by atoms with Gasteiger partial charge in [0.15, 0.2) is 0 Å². The Bertz CT molecular complexity index is 758. The van der Waals surface area contributed by atoms with Crippen molar-refractivity contribution in [2.75, 3.05) is 0 Å². The maximum absolute atomic E-state index is 12.4. The first kappa shape index (κ1) is 14.3. The average Bonchev–Trinajstić information content (AvgIpc) is 3.10. The van der Waals surface area contributed by atoms with E-state index in [1.54, 1.807) is 6.92 Å². The molecule has 0 saturated carbocycles. The molecule has 1 saturated heterocycles. The minimum absolute atomic E-state index is 0.0204. The smallest absolute Gasteiger partial charge is 0.338 e. The minimum atomic E-state index is -0.945. The highest BCUT2D eigenvalue weighted by molar-refractivity contribution is 5.92. The lowest BCUT2D eigenvalue weighted by molar-refractivity contribution is -0.152. The average molecular weight is 331 g/mol. The molecular formula is C19H22O5. The third-order valence-electron chi connectivity index (χ3n) is 5.55. The van der Waals surface area contributed by atoms with Gasteiger partial charge < -0.3 is 14.2 Å². The molecule has 3 atom stereocenters. The zero-order chi connectivity index (χ0) is 17.9. The molecule has 2 heterocycles. The molecule has 4 aliphatic rings. The Kier molecular flexibility index (Phi) is 3.12. The van der Waals surface area contributed by atoms with Crippen molar-refractivity contribution in [1.82, 2.24) is 0 Å². The van der Waals surface area contributed by atoms with Crippen molar-refractivity contribution in [1.29, 1.82) is 0 Å². The molecule has 0 aromatic heterocycles. The van der Waals surface area contributed by atoms with E-state index in [4.69, 9.17) is 15.6 Å². The van der Waals surface area contributed by atoms with Crippen LogP contribution in [0.15, 0.2) is 34.6 Å². The topological polar surface area (TPSA) is 61.8 Å². The second-order valence-corrected chi connectivity index (χ2v) is 7.65. The first-order valence-corrected chi connectivity index (χ1v) is 8.48. The first-order valence-electron chi connectivity index (χ1n) is 8.98. The van der Waals surface area contributed by atoms with E-state index >= 15 is 0 Å². The van der Waals surface area contributed by atoms with Gasteiger partial charge in [0.25, 0.3) is 6.29 Å². The Balaban J connectivity index is 1.61. The summed E-state index contributed by atoms with van der Waals surface area (Å²) in [6, 6.07) is 0. The predicted molar refractivity (Wildman–Crippen MR) is 85.5 cm³/mol. The maximum Gasteiger partial charge on any atom is 0.338 e. The number of esters is 2. The van der Waals surface area contributed by atoms with Crippen LogP contribution in [-0.4, -0.2) is 24.3 Å². The van der Waals surface area contributed by atoms with Crippen molar-refractivity contribution in [3.05, 3.63) is 34.6 Å². The Morgan fingerprint density at radius 1 is 1.33 bits per heavy atom. The van der Waals surface area contributed by atoms with Gasteiger partial charge in [-0.05, 0) is 43.6 Å². The normalized spacial score (nSPS) is 36.5. The van der Waals surface area contributed by atoms with E-state index in [9.17, 15) is 9.59 Å². The molecule has 0 aromatic carbocycles. The summed E-state index contributed by atoms with van der Waals surface area (Å²) in [5.41, 5.74) is 3.33. The Morgan fingerprint density at radius 2 is 2.12 bits per heavy atom. The summed E-state index contributed by atoms with van der Waals surface area (Å²) in [5, 5.41) is 0. The molecule has 4 rings (SSSR count). The van der Waals surface area contributed by atoms with Crippen LogP contribution in [0.1, 0.15) is 47.8 Å². The summed E-state index contributed by atoms with van der Waals surface area (Å²) in [6.45, 7) is 6.02. The predicted octanol–water partition coefficient (Wildman–Crippen LogP) is 3.17. The van der Waals surface area contributed by atoms with E-state index in [1.807, 2.05) is 0 Å². The van der Waals surface area contributed by atoms with Crippen molar-refractivity contribution in [2.45, 2.75) is 58.8 Å². The lowest BCUT2D eigenvalue weighted by Crippen LogP contribution is -2.27. The zero-order valence-corrected chi connectivity index (χ0v) is 14.2. The van der Waals surface area contributed by atoms with Crippen LogP contribution in [0.25, 0.3) is 0 Å². The Labute approximate surface area is 142 Å². The first-order chi connectivity index (χ1) is 11.8. The van der Waals surface area contributed by atoms with Gasteiger partial charge in [0.1, 0.15) is 7.47 Å². The van der Waals surface area contributed by atoms with E-state index in [1.165, 1.54) is 17.2 Å². The van der Waals surface area contributed by atoms with Crippen LogP contribution in [0.4, 0.5) is 0 Å². The fourth-order valence-electron chi connectivity index (χ4n) is 4.39. The number of hydrogen-bond acceptors (Lipinski definition) is 5. The number of carbonyl (C=O) groups excluding carboxylic acids is 2. The maximum atomic E-state index is 12.4. The van der Waals surface area contributed by atoms with Gasteiger partial charge >= 0.3 is 11.9 Å². The molecule has 0 aromatic rings. The van der Waals surface area contributed by atoms with Crippen LogP contribution in [0.5, 0.6) is 0 Å². The minimum Gasteiger partial charge on any atom is -0.458 e. The molecular weight excluding hydrogens is 308 g/mol. The van der Waals surface area contributed by atoms with Gasteiger partial charge in [-0.2, -0.15) is 0 Å². The van der Waals surface area contributed by atoms with Crippen molar-refractivity contribution in [3.8, 4) is 0 Å². The Hall–Kier alpha value is -2.04. The highest BCUT2D eigenvalue weighted by Crippen LogP contribution is 2.54. The van der Waals surface area contributed by atoms with Crippen LogP contribution in [0, 0.1) is 11.3 Å². The number of allylic oxidation sites excluding steroid dienone is 1. The van der Waals surface area contributed by atoms with Crippen LogP contribution in [0.2, 0.25) is 0 Å². The van der Waals surface area contributed by atoms with Gasteiger partial charge in [-0.3, -0.25) is 0 Å².